The maximum Gasteiger partial charge on any atom is 0.209 e. The van der Waals surface area contributed by atoms with Crippen LogP contribution in [-0.2, 0) is 16.0 Å². The zero-order chi connectivity index (χ0) is 17.5. The molecule has 0 spiro atoms. The summed E-state index contributed by atoms with van der Waals surface area (Å²) in [6, 6.07) is 13.5. The number of terminal acetylenes is 1. The van der Waals surface area contributed by atoms with Crippen LogP contribution in [-0.4, -0.2) is 11.6 Å². The minimum absolute atomic E-state index is 0.120. The second-order valence-electron chi connectivity index (χ2n) is 5.46. The number of hydrogen-bond acceptors (Lipinski definition) is 2. The lowest BCUT2D eigenvalue weighted by Gasteiger charge is -2.09. The Morgan fingerprint density at radius 1 is 1.17 bits per heavy atom. The van der Waals surface area contributed by atoms with Gasteiger partial charge in [-0.1, -0.05) is 49.4 Å². The molecule has 0 fully saturated rings. The van der Waals surface area contributed by atoms with Gasteiger partial charge in [-0.3, -0.25) is 9.59 Å². The standard InChI is InChI=1S/C21H17FO2/c1-3-19(23)14-16-8-10-17(11-9-16)15(2)21(24)13-12-18-6-4-5-7-20(18)22/h1,4-13,15H,14H2,2H3/b13-12+. The number of ketones is 2. The first-order valence-electron chi connectivity index (χ1n) is 7.56. The molecule has 0 saturated carbocycles. The van der Waals surface area contributed by atoms with E-state index in [0.29, 0.717) is 5.56 Å². The molecule has 120 valence electrons. The van der Waals surface area contributed by atoms with Crippen LogP contribution in [0.3, 0.4) is 0 Å². The lowest BCUT2D eigenvalue weighted by Crippen LogP contribution is -2.06. The Morgan fingerprint density at radius 3 is 2.46 bits per heavy atom. The van der Waals surface area contributed by atoms with Crippen molar-refractivity contribution in [3.05, 3.63) is 77.1 Å². The molecule has 3 heteroatoms. The van der Waals surface area contributed by atoms with Crippen LogP contribution in [0.2, 0.25) is 0 Å². The second-order valence-corrected chi connectivity index (χ2v) is 5.46. The maximum absolute atomic E-state index is 13.5. The van der Waals surface area contributed by atoms with Crippen LogP contribution in [0.25, 0.3) is 6.08 Å². The second kappa shape index (κ2) is 8.03. The van der Waals surface area contributed by atoms with Gasteiger partial charge in [0.25, 0.3) is 0 Å². The summed E-state index contributed by atoms with van der Waals surface area (Å²) in [5.74, 6) is 0.955. The Balaban J connectivity index is 2.07. The zero-order valence-corrected chi connectivity index (χ0v) is 13.3. The summed E-state index contributed by atoms with van der Waals surface area (Å²) in [6.07, 6.45) is 8.11. The van der Waals surface area contributed by atoms with Crippen molar-refractivity contribution in [2.24, 2.45) is 0 Å². The molecule has 0 bridgehead atoms. The van der Waals surface area contributed by atoms with Crippen LogP contribution in [0.1, 0.15) is 29.5 Å². The minimum Gasteiger partial charge on any atom is -0.294 e. The minimum atomic E-state index is -0.364. The molecule has 0 saturated heterocycles. The Hall–Kier alpha value is -2.99. The highest BCUT2D eigenvalue weighted by Gasteiger charge is 2.13. The summed E-state index contributed by atoms with van der Waals surface area (Å²) >= 11 is 0. The third-order valence-electron chi connectivity index (χ3n) is 3.76. The number of benzene rings is 2. The van der Waals surface area contributed by atoms with Gasteiger partial charge in [0, 0.05) is 17.9 Å². The zero-order valence-electron chi connectivity index (χ0n) is 13.3. The maximum atomic E-state index is 13.5. The van der Waals surface area contributed by atoms with Crippen LogP contribution < -0.4 is 0 Å². The molecule has 0 amide bonds. The predicted octanol–water partition coefficient (Wildman–Crippen LogP) is 3.96. The molecule has 0 aliphatic carbocycles. The quantitative estimate of drug-likeness (QED) is 0.459. The number of hydrogen-bond donors (Lipinski definition) is 0. The van der Waals surface area contributed by atoms with E-state index in [1.807, 2.05) is 0 Å². The van der Waals surface area contributed by atoms with Gasteiger partial charge in [0.15, 0.2) is 5.78 Å². The molecule has 0 N–H and O–H groups in total. The molecule has 2 aromatic rings. The molecular weight excluding hydrogens is 303 g/mol. The van der Waals surface area contributed by atoms with Gasteiger partial charge in [0.1, 0.15) is 5.82 Å². The van der Waals surface area contributed by atoms with Gasteiger partial charge in [0.2, 0.25) is 5.78 Å². The number of halogens is 1. The number of carbonyl (C=O) groups excluding carboxylic acids is 2. The summed E-state index contributed by atoms with van der Waals surface area (Å²) in [5.41, 5.74) is 2.01. The first kappa shape index (κ1) is 17.4. The van der Waals surface area contributed by atoms with E-state index in [0.717, 1.165) is 11.1 Å². The first-order chi connectivity index (χ1) is 11.5. The van der Waals surface area contributed by atoms with Crippen molar-refractivity contribution in [1.82, 2.24) is 0 Å². The largest absolute Gasteiger partial charge is 0.294 e. The van der Waals surface area contributed by atoms with Crippen molar-refractivity contribution in [3.63, 3.8) is 0 Å². The van der Waals surface area contributed by atoms with Crippen LogP contribution >= 0.6 is 0 Å². The highest BCUT2D eigenvalue weighted by atomic mass is 19.1. The van der Waals surface area contributed by atoms with Gasteiger partial charge < -0.3 is 0 Å². The molecule has 2 nitrogen and oxygen atoms in total. The SMILES string of the molecule is C#CC(=O)Cc1ccc(C(C)C(=O)/C=C/c2ccccc2F)cc1. The van der Waals surface area contributed by atoms with E-state index in [9.17, 15) is 14.0 Å². The van der Waals surface area contributed by atoms with Crippen LogP contribution in [0.5, 0.6) is 0 Å². The predicted molar refractivity (Wildman–Crippen MR) is 92.8 cm³/mol. The van der Waals surface area contributed by atoms with Crippen molar-refractivity contribution in [2.75, 3.05) is 0 Å². The Kier molecular flexibility index (Phi) is 5.81. The Morgan fingerprint density at radius 2 is 1.83 bits per heavy atom. The van der Waals surface area contributed by atoms with Crippen LogP contribution in [0, 0.1) is 18.2 Å². The van der Waals surface area contributed by atoms with E-state index in [2.05, 4.69) is 5.92 Å². The fourth-order valence-electron chi connectivity index (χ4n) is 2.25. The fraction of sp³-hybridized carbons (Fsp3) is 0.143. The molecule has 1 atom stereocenters. The van der Waals surface area contributed by atoms with E-state index >= 15 is 0 Å². The van der Waals surface area contributed by atoms with Crippen molar-refractivity contribution >= 4 is 17.6 Å². The number of allylic oxidation sites excluding steroid dienone is 1. The summed E-state index contributed by atoms with van der Waals surface area (Å²) in [4.78, 5) is 23.5. The average molecular weight is 320 g/mol. The van der Waals surface area contributed by atoms with Gasteiger partial charge >= 0.3 is 0 Å². The van der Waals surface area contributed by atoms with Gasteiger partial charge in [0.05, 0.1) is 0 Å². The molecule has 0 aromatic heterocycles. The Labute approximate surface area is 141 Å². The number of carbonyl (C=O) groups is 2. The van der Waals surface area contributed by atoms with Crippen molar-refractivity contribution in [1.29, 1.82) is 0 Å². The smallest absolute Gasteiger partial charge is 0.209 e. The summed E-state index contributed by atoms with van der Waals surface area (Å²) < 4.78 is 13.5. The molecule has 2 rings (SSSR count). The third kappa shape index (κ3) is 4.50. The lowest BCUT2D eigenvalue weighted by atomic mass is 9.94. The molecule has 24 heavy (non-hydrogen) atoms. The Bertz CT molecular complexity index is 810. The highest BCUT2D eigenvalue weighted by molar-refractivity contribution is 5.98. The molecular formula is C21H17FO2. The van der Waals surface area contributed by atoms with E-state index in [1.54, 1.807) is 49.4 Å². The van der Waals surface area contributed by atoms with Crippen LogP contribution in [0.4, 0.5) is 4.39 Å². The average Bonchev–Trinajstić information content (AvgIpc) is 2.60. The molecule has 0 aliphatic rings. The van der Waals surface area contributed by atoms with Gasteiger partial charge in [-0.05, 0) is 35.3 Å². The van der Waals surface area contributed by atoms with Gasteiger partial charge in [-0.2, -0.15) is 0 Å². The monoisotopic (exact) mass is 320 g/mol. The van der Waals surface area contributed by atoms with E-state index in [-0.39, 0.29) is 29.7 Å². The van der Waals surface area contributed by atoms with E-state index < -0.39 is 0 Å². The normalized spacial score (nSPS) is 11.9. The number of Topliss-reactive ketones (excluding diaryl/α,β-unsaturated/α-hetero) is 1. The van der Waals surface area contributed by atoms with Gasteiger partial charge in [-0.25, -0.2) is 4.39 Å². The topological polar surface area (TPSA) is 34.1 Å². The third-order valence-corrected chi connectivity index (χ3v) is 3.76. The van der Waals surface area contributed by atoms with Crippen LogP contribution in [0.15, 0.2) is 54.6 Å². The van der Waals surface area contributed by atoms with Crippen molar-refractivity contribution in [2.45, 2.75) is 19.3 Å². The summed E-state index contributed by atoms with van der Waals surface area (Å²) in [6.45, 7) is 1.79. The van der Waals surface area contributed by atoms with Crippen molar-refractivity contribution in [3.8, 4) is 12.3 Å². The molecule has 1 unspecified atom stereocenters. The number of rotatable bonds is 6. The van der Waals surface area contributed by atoms with Crippen molar-refractivity contribution < 1.29 is 14.0 Å². The molecule has 2 aromatic carbocycles. The summed E-state index contributed by atoms with van der Waals surface area (Å²) in [7, 11) is 0. The highest BCUT2D eigenvalue weighted by Crippen LogP contribution is 2.19. The van der Waals surface area contributed by atoms with E-state index in [4.69, 9.17) is 6.42 Å². The molecule has 0 heterocycles. The van der Waals surface area contributed by atoms with Gasteiger partial charge in [-0.15, -0.1) is 6.42 Å². The fourth-order valence-corrected chi connectivity index (χ4v) is 2.25. The lowest BCUT2D eigenvalue weighted by molar-refractivity contribution is -0.115. The molecule has 0 aliphatic heterocycles. The first-order valence-corrected chi connectivity index (χ1v) is 7.56. The summed E-state index contributed by atoms with van der Waals surface area (Å²) in [5, 5.41) is 0. The van der Waals surface area contributed by atoms with E-state index in [1.165, 1.54) is 18.2 Å². The molecule has 0 radical (unpaired) electrons.